The molecule has 5 nitrogen and oxygen atoms in total. The number of amides is 1. The molecule has 23 heavy (non-hydrogen) atoms. The van der Waals surface area contributed by atoms with Crippen LogP contribution in [-0.2, 0) is 24.3 Å². The highest BCUT2D eigenvalue weighted by Crippen LogP contribution is 2.21. The molecular formula is C17H21ClN4O. The molecule has 0 saturated carbocycles. The standard InChI is InChI=1S/C17H21ClN4O/c1-3-22-11-19-15-9-21(7-6-16(15)22)10-17(23)20-14-8-13(18)5-4-12(14)2/h4-5,8,11H,3,6-7,9-10H2,1-2H3,(H,20,23). The van der Waals surface area contributed by atoms with Crippen LogP contribution < -0.4 is 5.32 Å². The van der Waals surface area contributed by atoms with Crippen molar-refractivity contribution in [2.24, 2.45) is 0 Å². The predicted octanol–water partition coefficient (Wildman–Crippen LogP) is 2.86. The van der Waals surface area contributed by atoms with Crippen molar-refractivity contribution in [3.63, 3.8) is 0 Å². The van der Waals surface area contributed by atoms with Crippen molar-refractivity contribution in [3.8, 4) is 0 Å². The van der Waals surface area contributed by atoms with E-state index in [4.69, 9.17) is 11.6 Å². The van der Waals surface area contributed by atoms with Crippen molar-refractivity contribution in [2.45, 2.75) is 33.4 Å². The van der Waals surface area contributed by atoms with Gasteiger partial charge in [0.25, 0.3) is 0 Å². The maximum absolute atomic E-state index is 12.3. The first-order valence-electron chi connectivity index (χ1n) is 7.88. The maximum atomic E-state index is 12.3. The number of imidazole rings is 1. The first-order valence-corrected chi connectivity index (χ1v) is 8.26. The second kappa shape index (κ2) is 6.72. The van der Waals surface area contributed by atoms with E-state index in [1.807, 2.05) is 25.4 Å². The van der Waals surface area contributed by atoms with Gasteiger partial charge in [-0.2, -0.15) is 0 Å². The quantitative estimate of drug-likeness (QED) is 0.936. The molecule has 0 unspecified atom stereocenters. The summed E-state index contributed by atoms with van der Waals surface area (Å²) >= 11 is 5.99. The molecule has 0 fully saturated rings. The lowest BCUT2D eigenvalue weighted by Crippen LogP contribution is -2.37. The van der Waals surface area contributed by atoms with E-state index >= 15 is 0 Å². The maximum Gasteiger partial charge on any atom is 0.238 e. The Morgan fingerprint density at radius 3 is 3.04 bits per heavy atom. The normalized spacial score (nSPS) is 14.6. The molecule has 1 aliphatic heterocycles. The number of hydrogen-bond acceptors (Lipinski definition) is 3. The number of fused-ring (bicyclic) bond motifs is 1. The first kappa shape index (κ1) is 16.0. The van der Waals surface area contributed by atoms with Crippen molar-refractivity contribution < 1.29 is 4.79 Å². The van der Waals surface area contributed by atoms with Crippen LogP contribution in [-0.4, -0.2) is 33.4 Å². The van der Waals surface area contributed by atoms with Gasteiger partial charge in [-0.1, -0.05) is 17.7 Å². The smallest absolute Gasteiger partial charge is 0.238 e. The van der Waals surface area contributed by atoms with E-state index in [1.165, 1.54) is 5.69 Å². The molecule has 1 N–H and O–H groups in total. The summed E-state index contributed by atoms with van der Waals surface area (Å²) in [5, 5.41) is 3.57. The Morgan fingerprint density at radius 1 is 1.43 bits per heavy atom. The highest BCUT2D eigenvalue weighted by molar-refractivity contribution is 6.31. The SMILES string of the molecule is CCn1cnc2c1CCN(CC(=O)Nc1cc(Cl)ccc1C)C2. The topological polar surface area (TPSA) is 50.2 Å². The summed E-state index contributed by atoms with van der Waals surface area (Å²) in [4.78, 5) is 18.9. The molecule has 0 bridgehead atoms. The van der Waals surface area contributed by atoms with Crippen LogP contribution in [0.4, 0.5) is 5.69 Å². The highest BCUT2D eigenvalue weighted by Gasteiger charge is 2.22. The third-order valence-electron chi connectivity index (χ3n) is 4.25. The van der Waals surface area contributed by atoms with Crippen molar-refractivity contribution >= 4 is 23.2 Å². The Bertz CT molecular complexity index is 725. The Morgan fingerprint density at radius 2 is 2.26 bits per heavy atom. The number of rotatable bonds is 4. The Labute approximate surface area is 141 Å². The number of carbonyl (C=O) groups excluding carboxylic acids is 1. The number of benzene rings is 1. The lowest BCUT2D eigenvalue weighted by molar-refractivity contribution is -0.117. The number of carbonyl (C=O) groups is 1. The molecule has 2 heterocycles. The minimum absolute atomic E-state index is 0.0197. The summed E-state index contributed by atoms with van der Waals surface area (Å²) in [5.41, 5.74) is 4.17. The molecule has 0 saturated heterocycles. The molecule has 0 atom stereocenters. The van der Waals surface area contributed by atoms with Crippen LogP contribution in [0.1, 0.15) is 23.9 Å². The van der Waals surface area contributed by atoms with Crippen LogP contribution in [0.2, 0.25) is 5.02 Å². The van der Waals surface area contributed by atoms with E-state index in [2.05, 4.69) is 26.7 Å². The van der Waals surface area contributed by atoms with E-state index in [1.54, 1.807) is 6.07 Å². The summed E-state index contributed by atoms with van der Waals surface area (Å²) in [6.45, 7) is 6.98. The molecular weight excluding hydrogens is 312 g/mol. The first-order chi connectivity index (χ1) is 11.1. The van der Waals surface area contributed by atoms with Crippen LogP contribution in [0.3, 0.4) is 0 Å². The minimum Gasteiger partial charge on any atom is -0.334 e. The minimum atomic E-state index is -0.0197. The number of anilines is 1. The van der Waals surface area contributed by atoms with Gasteiger partial charge in [0.2, 0.25) is 5.91 Å². The van der Waals surface area contributed by atoms with Gasteiger partial charge in [0.15, 0.2) is 0 Å². The van der Waals surface area contributed by atoms with E-state index < -0.39 is 0 Å². The molecule has 0 aliphatic carbocycles. The molecule has 6 heteroatoms. The molecule has 1 amide bonds. The summed E-state index contributed by atoms with van der Waals surface area (Å²) in [7, 11) is 0. The van der Waals surface area contributed by atoms with Crippen LogP contribution in [0.15, 0.2) is 24.5 Å². The second-order valence-electron chi connectivity index (χ2n) is 5.89. The second-order valence-corrected chi connectivity index (χ2v) is 6.33. The predicted molar refractivity (Wildman–Crippen MR) is 91.7 cm³/mol. The average molecular weight is 333 g/mol. The average Bonchev–Trinajstić information content (AvgIpc) is 2.93. The zero-order valence-corrected chi connectivity index (χ0v) is 14.2. The molecule has 1 aromatic heterocycles. The summed E-state index contributed by atoms with van der Waals surface area (Å²) in [6.07, 6.45) is 2.83. The number of hydrogen-bond donors (Lipinski definition) is 1. The zero-order chi connectivity index (χ0) is 16.4. The fourth-order valence-electron chi connectivity index (χ4n) is 2.95. The molecule has 0 radical (unpaired) electrons. The molecule has 1 aromatic carbocycles. The number of aromatic nitrogens is 2. The number of aryl methyl sites for hydroxylation is 2. The van der Waals surface area contributed by atoms with Gasteiger partial charge in [-0.05, 0) is 31.5 Å². The van der Waals surface area contributed by atoms with E-state index in [9.17, 15) is 4.79 Å². The molecule has 122 valence electrons. The van der Waals surface area contributed by atoms with Crippen LogP contribution >= 0.6 is 11.6 Å². The Kier molecular flexibility index (Phi) is 4.68. The van der Waals surface area contributed by atoms with Gasteiger partial charge < -0.3 is 9.88 Å². The van der Waals surface area contributed by atoms with Crippen molar-refractivity contribution in [1.82, 2.24) is 14.5 Å². The lowest BCUT2D eigenvalue weighted by Gasteiger charge is -2.26. The number of nitrogens with zero attached hydrogens (tertiary/aromatic N) is 3. The van der Waals surface area contributed by atoms with Crippen molar-refractivity contribution in [1.29, 1.82) is 0 Å². The third kappa shape index (κ3) is 3.57. The van der Waals surface area contributed by atoms with Gasteiger partial charge in [-0.3, -0.25) is 9.69 Å². The van der Waals surface area contributed by atoms with Crippen LogP contribution in [0.5, 0.6) is 0 Å². The summed E-state index contributed by atoms with van der Waals surface area (Å²) < 4.78 is 2.18. The van der Waals surface area contributed by atoms with Gasteiger partial charge >= 0.3 is 0 Å². The van der Waals surface area contributed by atoms with Crippen molar-refractivity contribution in [2.75, 3.05) is 18.4 Å². The van der Waals surface area contributed by atoms with Crippen LogP contribution in [0.25, 0.3) is 0 Å². The van der Waals surface area contributed by atoms with Gasteiger partial charge in [-0.15, -0.1) is 0 Å². The monoisotopic (exact) mass is 332 g/mol. The summed E-state index contributed by atoms with van der Waals surface area (Å²) in [6, 6.07) is 5.51. The van der Waals surface area contributed by atoms with Gasteiger partial charge in [0.1, 0.15) is 0 Å². The highest BCUT2D eigenvalue weighted by atomic mass is 35.5. The van der Waals surface area contributed by atoms with E-state index in [-0.39, 0.29) is 5.91 Å². The molecule has 1 aliphatic rings. The van der Waals surface area contributed by atoms with Gasteiger partial charge in [0.05, 0.1) is 18.6 Å². The number of halogens is 1. The Hall–Kier alpha value is -1.85. The fourth-order valence-corrected chi connectivity index (χ4v) is 3.13. The zero-order valence-electron chi connectivity index (χ0n) is 13.5. The Balaban J connectivity index is 1.62. The van der Waals surface area contributed by atoms with Gasteiger partial charge in [-0.25, -0.2) is 4.98 Å². The van der Waals surface area contributed by atoms with E-state index in [0.29, 0.717) is 11.6 Å². The van der Waals surface area contributed by atoms with Crippen molar-refractivity contribution in [3.05, 3.63) is 46.5 Å². The largest absolute Gasteiger partial charge is 0.334 e. The molecule has 3 rings (SSSR count). The molecule has 0 spiro atoms. The lowest BCUT2D eigenvalue weighted by atomic mass is 10.1. The fraction of sp³-hybridized carbons (Fsp3) is 0.412. The number of nitrogens with one attached hydrogen (secondary N) is 1. The van der Waals surface area contributed by atoms with E-state index in [0.717, 1.165) is 43.0 Å². The summed E-state index contributed by atoms with van der Waals surface area (Å²) in [5.74, 6) is -0.0197. The van der Waals surface area contributed by atoms with Crippen LogP contribution in [0, 0.1) is 6.92 Å². The van der Waals surface area contributed by atoms with Gasteiger partial charge in [0, 0.05) is 42.5 Å². The molecule has 2 aromatic rings. The third-order valence-corrected chi connectivity index (χ3v) is 4.49.